The Balaban J connectivity index is 1.69. The van der Waals surface area contributed by atoms with Gasteiger partial charge in [0, 0.05) is 22.1 Å². The Bertz CT molecular complexity index is 1750. The predicted octanol–water partition coefficient (Wildman–Crippen LogP) is 5.16. The molecule has 9 heteroatoms. The van der Waals surface area contributed by atoms with Crippen LogP contribution < -0.4 is 0 Å². The smallest absolute Gasteiger partial charge is 0.298 e. The molecule has 33 heavy (non-hydrogen) atoms. The lowest BCUT2D eigenvalue weighted by atomic mass is 10.2. The zero-order valence-corrected chi connectivity index (χ0v) is 17.8. The van der Waals surface area contributed by atoms with Crippen LogP contribution in [0.25, 0.3) is 57.7 Å². The maximum absolute atomic E-state index is 11.9. The van der Waals surface area contributed by atoms with Crippen LogP contribution in [-0.4, -0.2) is 32.9 Å². The first kappa shape index (κ1) is 19.5. The Morgan fingerprint density at radius 2 is 1.36 bits per heavy atom. The first-order valence-electron chi connectivity index (χ1n) is 10.0. The van der Waals surface area contributed by atoms with Gasteiger partial charge in [0.15, 0.2) is 5.76 Å². The van der Waals surface area contributed by atoms with E-state index >= 15 is 0 Å². The third kappa shape index (κ3) is 3.69. The molecule has 0 unspecified atom stereocenters. The topological polar surface area (TPSA) is 125 Å². The van der Waals surface area contributed by atoms with Crippen molar-refractivity contribution in [2.75, 3.05) is 0 Å². The SMILES string of the molecule is O=S(=O)(O)c1ccoc1-c1cc2cc3ccc(cc4nc(cc5nc(cc1[nH]2)C=C5)C=C4)[nH]3. The number of aromatic nitrogens is 4. The van der Waals surface area contributed by atoms with Gasteiger partial charge in [0.25, 0.3) is 10.1 Å². The molecule has 8 nitrogen and oxygen atoms in total. The molecule has 6 heterocycles. The molecule has 3 N–H and O–H groups in total. The van der Waals surface area contributed by atoms with Crippen LogP contribution in [0, 0.1) is 0 Å². The van der Waals surface area contributed by atoms with Crippen molar-refractivity contribution in [2.24, 2.45) is 0 Å². The highest BCUT2D eigenvalue weighted by Crippen LogP contribution is 2.33. The van der Waals surface area contributed by atoms with Gasteiger partial charge in [-0.25, -0.2) is 9.97 Å². The van der Waals surface area contributed by atoms with Gasteiger partial charge in [-0.2, -0.15) is 8.42 Å². The Kier molecular flexibility index (Phi) is 4.22. The van der Waals surface area contributed by atoms with Gasteiger partial charge in [-0.1, -0.05) is 0 Å². The van der Waals surface area contributed by atoms with Crippen LogP contribution >= 0.6 is 0 Å². The van der Waals surface area contributed by atoms with Gasteiger partial charge < -0.3 is 14.4 Å². The highest BCUT2D eigenvalue weighted by Gasteiger charge is 2.22. The van der Waals surface area contributed by atoms with Crippen molar-refractivity contribution < 1.29 is 17.4 Å². The summed E-state index contributed by atoms with van der Waals surface area (Å²) in [5.41, 5.74) is 6.57. The molecule has 6 rings (SSSR count). The molecule has 0 saturated carbocycles. The lowest BCUT2D eigenvalue weighted by molar-refractivity contribution is 0.481. The molecule has 0 fully saturated rings. The summed E-state index contributed by atoms with van der Waals surface area (Å²) in [5.74, 6) is 0.0459. The van der Waals surface area contributed by atoms with E-state index in [9.17, 15) is 13.0 Å². The second kappa shape index (κ2) is 7.16. The van der Waals surface area contributed by atoms with Gasteiger partial charge >= 0.3 is 0 Å². The number of nitrogens with zero attached hydrogens (tertiary/aromatic N) is 2. The minimum absolute atomic E-state index is 0.0459. The maximum Gasteiger partial charge on any atom is 0.298 e. The highest BCUT2D eigenvalue weighted by atomic mass is 32.2. The second-order valence-electron chi connectivity index (χ2n) is 7.68. The molecule has 4 aromatic rings. The van der Waals surface area contributed by atoms with Crippen LogP contribution in [0.4, 0.5) is 0 Å². The van der Waals surface area contributed by atoms with Gasteiger partial charge in [-0.3, -0.25) is 4.55 Å². The molecule has 0 spiro atoms. The number of aromatic amines is 2. The van der Waals surface area contributed by atoms with Crippen molar-refractivity contribution >= 4 is 56.5 Å². The van der Waals surface area contributed by atoms with E-state index in [0.29, 0.717) is 22.3 Å². The molecular weight excluding hydrogens is 440 g/mol. The molecule has 2 aliphatic rings. The zero-order chi connectivity index (χ0) is 22.6. The van der Waals surface area contributed by atoms with E-state index in [1.54, 1.807) is 12.1 Å². The molecule has 4 aromatic heterocycles. The van der Waals surface area contributed by atoms with Crippen LogP contribution in [0.1, 0.15) is 22.8 Å². The fraction of sp³-hybridized carbons (Fsp3) is 0. The van der Waals surface area contributed by atoms with Crippen molar-refractivity contribution in [1.29, 1.82) is 0 Å². The molecule has 0 saturated heterocycles. The van der Waals surface area contributed by atoms with Crippen LogP contribution in [-0.2, 0) is 10.1 Å². The average Bonchev–Trinajstić information content (AvgIpc) is 3.55. The second-order valence-corrected chi connectivity index (χ2v) is 9.07. The Labute approximate surface area is 187 Å². The maximum atomic E-state index is 11.9. The average molecular weight is 456 g/mol. The minimum Gasteiger partial charge on any atom is -0.463 e. The number of hydrogen-bond donors (Lipinski definition) is 3. The van der Waals surface area contributed by atoms with Gasteiger partial charge in [0.05, 0.1) is 34.6 Å². The van der Waals surface area contributed by atoms with E-state index in [1.165, 1.54) is 12.3 Å². The van der Waals surface area contributed by atoms with Crippen molar-refractivity contribution in [3.63, 3.8) is 0 Å². The number of fused-ring (bicyclic) bond motifs is 8. The van der Waals surface area contributed by atoms with Crippen LogP contribution in [0.15, 0.2) is 64.1 Å². The van der Waals surface area contributed by atoms with Crippen molar-refractivity contribution in [3.8, 4) is 11.3 Å². The highest BCUT2D eigenvalue weighted by molar-refractivity contribution is 7.86. The monoisotopic (exact) mass is 456 g/mol. The predicted molar refractivity (Wildman–Crippen MR) is 126 cm³/mol. The first-order valence-corrected chi connectivity index (χ1v) is 11.5. The van der Waals surface area contributed by atoms with E-state index in [4.69, 9.17) is 4.42 Å². The number of rotatable bonds is 2. The summed E-state index contributed by atoms with van der Waals surface area (Å²) in [6.45, 7) is 0. The summed E-state index contributed by atoms with van der Waals surface area (Å²) in [4.78, 5) is 15.5. The first-order chi connectivity index (χ1) is 15.9. The fourth-order valence-electron chi connectivity index (χ4n) is 3.90. The van der Waals surface area contributed by atoms with E-state index in [-0.39, 0.29) is 10.7 Å². The van der Waals surface area contributed by atoms with E-state index in [2.05, 4.69) is 19.9 Å². The van der Waals surface area contributed by atoms with E-state index in [0.717, 1.165) is 28.1 Å². The van der Waals surface area contributed by atoms with Crippen LogP contribution in [0.3, 0.4) is 0 Å². The number of furan rings is 1. The largest absolute Gasteiger partial charge is 0.463 e. The normalized spacial score (nSPS) is 13.0. The number of nitrogens with one attached hydrogen (secondary N) is 2. The molecule has 0 amide bonds. The number of H-pyrrole nitrogens is 2. The summed E-state index contributed by atoms with van der Waals surface area (Å²) in [6, 6.07) is 14.4. The third-order valence-electron chi connectivity index (χ3n) is 5.32. The molecule has 0 atom stereocenters. The standard InChI is InChI=1S/C24H16N4O4S/c29-33(30,31)23-7-8-32-24(23)21-12-20-11-18-4-3-16(26-18)9-14-1-2-15(25-14)10-17-5-6-19(27-17)13-22(21)28-20/h1-13,26,28H,(H,29,30,31). The van der Waals surface area contributed by atoms with Crippen LogP contribution in [0.2, 0.25) is 0 Å². The molecule has 0 radical (unpaired) electrons. The fourth-order valence-corrected chi connectivity index (χ4v) is 4.52. The quantitative estimate of drug-likeness (QED) is 0.309. The van der Waals surface area contributed by atoms with Gasteiger partial charge in [-0.15, -0.1) is 0 Å². The van der Waals surface area contributed by atoms with Crippen molar-refractivity contribution in [2.45, 2.75) is 4.90 Å². The summed E-state index contributed by atoms with van der Waals surface area (Å²) in [5, 5.41) is 0. The van der Waals surface area contributed by atoms with Gasteiger partial charge in [0.2, 0.25) is 0 Å². The third-order valence-corrected chi connectivity index (χ3v) is 6.20. The molecule has 162 valence electrons. The Morgan fingerprint density at radius 3 is 2.06 bits per heavy atom. The van der Waals surface area contributed by atoms with Gasteiger partial charge in [-0.05, 0) is 72.8 Å². The summed E-state index contributed by atoms with van der Waals surface area (Å²) >= 11 is 0. The van der Waals surface area contributed by atoms with E-state index < -0.39 is 10.1 Å². The summed E-state index contributed by atoms with van der Waals surface area (Å²) in [6.07, 6.45) is 8.85. The molecule has 0 aliphatic carbocycles. The minimum atomic E-state index is -4.46. The van der Waals surface area contributed by atoms with Gasteiger partial charge in [0.1, 0.15) is 4.90 Å². The van der Waals surface area contributed by atoms with Crippen molar-refractivity contribution in [1.82, 2.24) is 19.9 Å². The Hall–Kier alpha value is -4.21. The molecule has 0 aromatic carbocycles. The molecule has 2 aliphatic heterocycles. The lowest BCUT2D eigenvalue weighted by Gasteiger charge is -1.98. The van der Waals surface area contributed by atoms with Crippen molar-refractivity contribution in [3.05, 3.63) is 77.6 Å². The number of hydrogen-bond acceptors (Lipinski definition) is 5. The van der Waals surface area contributed by atoms with Crippen LogP contribution in [0.5, 0.6) is 0 Å². The summed E-state index contributed by atoms with van der Waals surface area (Å²) < 4.78 is 38.8. The zero-order valence-electron chi connectivity index (χ0n) is 17.0. The molecular formula is C24H16N4O4S. The van der Waals surface area contributed by atoms with E-state index in [1.807, 2.05) is 54.6 Å². The summed E-state index contributed by atoms with van der Waals surface area (Å²) in [7, 11) is -4.46. The lowest BCUT2D eigenvalue weighted by Crippen LogP contribution is -1.97. The molecule has 8 bridgehead atoms. The Morgan fingerprint density at radius 1 is 0.727 bits per heavy atom.